The number of aryl methyl sites for hydroxylation is 1. The SMILES string of the molecule is COc1ccc(CCN2C(=O)C(O)=C(C(=O)CCc3ccccc3)C2c2ccccc2OC)cc1. The minimum Gasteiger partial charge on any atom is -0.503 e. The zero-order valence-electron chi connectivity index (χ0n) is 19.9. The Labute approximate surface area is 205 Å². The van der Waals surface area contributed by atoms with Gasteiger partial charge in [-0.2, -0.15) is 0 Å². The second-order valence-corrected chi connectivity index (χ2v) is 8.41. The van der Waals surface area contributed by atoms with Gasteiger partial charge < -0.3 is 19.5 Å². The molecule has 0 fully saturated rings. The first-order valence-corrected chi connectivity index (χ1v) is 11.6. The number of hydrogen-bond donors (Lipinski definition) is 1. The van der Waals surface area contributed by atoms with Crippen LogP contribution in [0.2, 0.25) is 0 Å². The summed E-state index contributed by atoms with van der Waals surface area (Å²) < 4.78 is 10.8. The summed E-state index contributed by atoms with van der Waals surface area (Å²) in [4.78, 5) is 28.2. The lowest BCUT2D eigenvalue weighted by Crippen LogP contribution is -2.33. The summed E-state index contributed by atoms with van der Waals surface area (Å²) in [5.41, 5.74) is 2.84. The molecule has 1 N–H and O–H groups in total. The summed E-state index contributed by atoms with van der Waals surface area (Å²) in [6.45, 7) is 0.327. The van der Waals surface area contributed by atoms with E-state index in [1.807, 2.05) is 72.8 Å². The van der Waals surface area contributed by atoms with Crippen LogP contribution < -0.4 is 9.47 Å². The Kier molecular flexibility index (Phi) is 7.51. The molecule has 1 atom stereocenters. The number of methoxy groups -OCH3 is 2. The molecule has 6 nitrogen and oxygen atoms in total. The first-order chi connectivity index (χ1) is 17.0. The number of ketones is 1. The van der Waals surface area contributed by atoms with Crippen molar-refractivity contribution in [3.05, 3.63) is 107 Å². The van der Waals surface area contributed by atoms with Crippen LogP contribution in [0.4, 0.5) is 0 Å². The molecule has 1 aliphatic heterocycles. The lowest BCUT2D eigenvalue weighted by Gasteiger charge is -2.28. The zero-order valence-corrected chi connectivity index (χ0v) is 19.9. The van der Waals surface area contributed by atoms with Gasteiger partial charge >= 0.3 is 0 Å². The minimum absolute atomic E-state index is 0.130. The summed E-state index contributed by atoms with van der Waals surface area (Å²) >= 11 is 0. The molecule has 180 valence electrons. The molecule has 4 rings (SSSR count). The second kappa shape index (κ2) is 10.9. The van der Waals surface area contributed by atoms with Gasteiger partial charge in [-0.1, -0.05) is 60.7 Å². The summed E-state index contributed by atoms with van der Waals surface area (Å²) in [6.07, 6.45) is 1.27. The molecule has 0 saturated carbocycles. The number of aliphatic hydroxyl groups excluding tert-OH is 1. The van der Waals surface area contributed by atoms with Gasteiger partial charge in [0, 0.05) is 18.5 Å². The van der Waals surface area contributed by atoms with E-state index in [9.17, 15) is 14.7 Å². The molecule has 1 amide bonds. The number of benzene rings is 3. The van der Waals surface area contributed by atoms with Crippen molar-refractivity contribution in [1.82, 2.24) is 4.90 Å². The summed E-state index contributed by atoms with van der Waals surface area (Å²) in [7, 11) is 3.16. The highest BCUT2D eigenvalue weighted by Gasteiger charge is 2.44. The molecule has 0 aliphatic carbocycles. The fraction of sp³-hybridized carbons (Fsp3) is 0.241. The number of aliphatic hydroxyl groups is 1. The van der Waals surface area contributed by atoms with Gasteiger partial charge in [-0.3, -0.25) is 9.59 Å². The topological polar surface area (TPSA) is 76.1 Å². The van der Waals surface area contributed by atoms with E-state index in [2.05, 4.69) is 0 Å². The standard InChI is InChI=1S/C29H29NO5/c1-34-22-15-12-21(13-16-22)18-19-30-27(23-10-6-7-11-25(23)35-2)26(28(32)29(30)33)24(31)17-14-20-8-4-3-5-9-20/h3-13,15-16,27,32H,14,17-19H2,1-2H3. The zero-order chi connectivity index (χ0) is 24.8. The Morgan fingerprint density at radius 2 is 1.51 bits per heavy atom. The summed E-state index contributed by atoms with van der Waals surface area (Å²) in [5.74, 6) is 0.0417. The molecular weight excluding hydrogens is 442 g/mol. The fourth-order valence-corrected chi connectivity index (χ4v) is 4.46. The van der Waals surface area contributed by atoms with Crippen molar-refractivity contribution < 1.29 is 24.2 Å². The number of Topliss-reactive ketones (excluding diaryl/α,β-unsaturated/α-hetero) is 1. The first-order valence-electron chi connectivity index (χ1n) is 11.6. The molecule has 6 heteroatoms. The van der Waals surface area contributed by atoms with Crippen molar-refractivity contribution in [2.24, 2.45) is 0 Å². The number of carbonyl (C=O) groups is 2. The van der Waals surface area contributed by atoms with Crippen LogP contribution in [0.5, 0.6) is 11.5 Å². The number of hydrogen-bond acceptors (Lipinski definition) is 5. The van der Waals surface area contributed by atoms with Gasteiger partial charge in [-0.15, -0.1) is 0 Å². The van der Waals surface area contributed by atoms with Crippen molar-refractivity contribution in [2.75, 3.05) is 20.8 Å². The lowest BCUT2D eigenvalue weighted by molar-refractivity contribution is -0.129. The van der Waals surface area contributed by atoms with Crippen LogP contribution in [0, 0.1) is 0 Å². The maximum atomic E-state index is 13.4. The quantitative estimate of drug-likeness (QED) is 0.458. The number of para-hydroxylation sites is 1. The lowest BCUT2D eigenvalue weighted by atomic mass is 9.92. The van der Waals surface area contributed by atoms with E-state index in [-0.39, 0.29) is 17.8 Å². The Morgan fingerprint density at radius 3 is 2.20 bits per heavy atom. The van der Waals surface area contributed by atoms with Crippen molar-refractivity contribution >= 4 is 11.7 Å². The van der Waals surface area contributed by atoms with Gasteiger partial charge in [-0.25, -0.2) is 0 Å². The van der Waals surface area contributed by atoms with Crippen molar-refractivity contribution in [3.63, 3.8) is 0 Å². The molecule has 1 heterocycles. The molecule has 0 saturated heterocycles. The normalized spacial score (nSPS) is 15.4. The monoisotopic (exact) mass is 471 g/mol. The molecule has 0 spiro atoms. The van der Waals surface area contributed by atoms with E-state index >= 15 is 0 Å². The van der Waals surface area contributed by atoms with Crippen LogP contribution >= 0.6 is 0 Å². The number of rotatable bonds is 10. The van der Waals surface area contributed by atoms with Crippen LogP contribution in [0.3, 0.4) is 0 Å². The molecule has 0 bridgehead atoms. The third-order valence-electron chi connectivity index (χ3n) is 6.32. The van der Waals surface area contributed by atoms with Crippen LogP contribution in [-0.4, -0.2) is 42.5 Å². The predicted octanol–water partition coefficient (Wildman–Crippen LogP) is 4.84. The largest absolute Gasteiger partial charge is 0.503 e. The van der Waals surface area contributed by atoms with Gasteiger partial charge in [-0.05, 0) is 42.2 Å². The Morgan fingerprint density at radius 1 is 0.857 bits per heavy atom. The maximum absolute atomic E-state index is 13.4. The van der Waals surface area contributed by atoms with Crippen molar-refractivity contribution in [3.8, 4) is 11.5 Å². The number of amides is 1. The van der Waals surface area contributed by atoms with E-state index in [1.54, 1.807) is 25.2 Å². The van der Waals surface area contributed by atoms with E-state index in [0.717, 1.165) is 16.9 Å². The molecule has 3 aromatic rings. The smallest absolute Gasteiger partial charge is 0.290 e. The third-order valence-corrected chi connectivity index (χ3v) is 6.32. The highest BCUT2D eigenvalue weighted by atomic mass is 16.5. The van der Waals surface area contributed by atoms with Crippen LogP contribution in [-0.2, 0) is 22.4 Å². The summed E-state index contributed by atoms with van der Waals surface area (Å²) in [5, 5.41) is 10.9. The van der Waals surface area contributed by atoms with Gasteiger partial charge in [0.2, 0.25) is 0 Å². The predicted molar refractivity (Wildman–Crippen MR) is 134 cm³/mol. The Hall–Kier alpha value is -4.06. The van der Waals surface area contributed by atoms with Crippen LogP contribution in [0.25, 0.3) is 0 Å². The van der Waals surface area contributed by atoms with Gasteiger partial charge in [0.1, 0.15) is 11.5 Å². The molecule has 0 aromatic heterocycles. The average molecular weight is 472 g/mol. The highest BCUT2D eigenvalue weighted by Crippen LogP contribution is 2.42. The first kappa shape index (κ1) is 24.1. The maximum Gasteiger partial charge on any atom is 0.290 e. The van der Waals surface area contributed by atoms with Gasteiger partial charge in [0.15, 0.2) is 11.5 Å². The highest BCUT2D eigenvalue weighted by molar-refractivity contribution is 6.09. The average Bonchev–Trinajstić information content (AvgIpc) is 3.16. The Balaban J connectivity index is 1.63. The number of carbonyl (C=O) groups excluding carboxylic acids is 2. The second-order valence-electron chi connectivity index (χ2n) is 8.41. The van der Waals surface area contributed by atoms with E-state index in [1.165, 1.54) is 0 Å². The number of nitrogens with zero attached hydrogens (tertiary/aromatic N) is 1. The van der Waals surface area contributed by atoms with Crippen molar-refractivity contribution in [2.45, 2.75) is 25.3 Å². The van der Waals surface area contributed by atoms with E-state index in [4.69, 9.17) is 9.47 Å². The summed E-state index contributed by atoms with van der Waals surface area (Å²) in [6, 6.07) is 23.9. The molecule has 1 aliphatic rings. The number of ether oxygens (including phenoxy) is 2. The fourth-order valence-electron chi connectivity index (χ4n) is 4.46. The van der Waals surface area contributed by atoms with Gasteiger partial charge in [0.05, 0.1) is 25.8 Å². The van der Waals surface area contributed by atoms with Crippen LogP contribution in [0.1, 0.15) is 29.2 Å². The minimum atomic E-state index is -0.722. The molecule has 3 aromatic carbocycles. The van der Waals surface area contributed by atoms with Gasteiger partial charge in [0.25, 0.3) is 5.91 Å². The van der Waals surface area contributed by atoms with E-state index < -0.39 is 17.7 Å². The van der Waals surface area contributed by atoms with Crippen LogP contribution in [0.15, 0.2) is 90.2 Å². The van der Waals surface area contributed by atoms with E-state index in [0.29, 0.717) is 30.7 Å². The molecule has 0 radical (unpaired) electrons. The molecule has 35 heavy (non-hydrogen) atoms. The molecular formula is C29H29NO5. The third kappa shape index (κ3) is 5.22. The molecule has 1 unspecified atom stereocenters. The Bertz CT molecular complexity index is 1220. The van der Waals surface area contributed by atoms with Crippen molar-refractivity contribution in [1.29, 1.82) is 0 Å².